The Bertz CT molecular complexity index is 167. The molecule has 0 aromatic heterocycles. The molecule has 12 heavy (non-hydrogen) atoms. The summed E-state index contributed by atoms with van der Waals surface area (Å²) in [6.07, 6.45) is 4.29. The Morgan fingerprint density at radius 2 is 2.25 bits per heavy atom. The van der Waals surface area contributed by atoms with Crippen LogP contribution >= 0.6 is 0 Å². The van der Waals surface area contributed by atoms with Gasteiger partial charge in [-0.15, -0.1) is 0 Å². The third-order valence-corrected chi connectivity index (χ3v) is 3.53. The highest BCUT2D eigenvalue weighted by Gasteiger charge is 2.61. The lowest BCUT2D eigenvalue weighted by Gasteiger charge is -2.15. The molecule has 0 amide bonds. The zero-order chi connectivity index (χ0) is 8.60. The predicted octanol–water partition coefficient (Wildman–Crippen LogP) is 1.27. The first kappa shape index (κ1) is 8.52. The lowest BCUT2D eigenvalue weighted by atomic mass is 9.98. The lowest BCUT2D eigenvalue weighted by Crippen LogP contribution is -2.20. The van der Waals surface area contributed by atoms with Gasteiger partial charge >= 0.3 is 0 Å². The Morgan fingerprint density at radius 3 is 2.75 bits per heavy atom. The Labute approximate surface area is 74.7 Å². The van der Waals surface area contributed by atoms with Gasteiger partial charge in [0.15, 0.2) is 0 Å². The molecule has 0 bridgehead atoms. The third kappa shape index (κ3) is 1.27. The van der Waals surface area contributed by atoms with Gasteiger partial charge in [0.25, 0.3) is 0 Å². The van der Waals surface area contributed by atoms with Crippen LogP contribution < -0.4 is 5.32 Å². The first-order valence-electron chi connectivity index (χ1n) is 4.97. The normalized spacial score (nSPS) is 40.0. The minimum Gasteiger partial charge on any atom is -0.384 e. The van der Waals surface area contributed by atoms with E-state index in [1.807, 2.05) is 14.2 Å². The van der Waals surface area contributed by atoms with Crippen LogP contribution in [0.3, 0.4) is 0 Å². The van der Waals surface area contributed by atoms with E-state index in [1.54, 1.807) is 0 Å². The molecule has 1 N–H and O–H groups in total. The van der Waals surface area contributed by atoms with Crippen molar-refractivity contribution < 1.29 is 4.74 Å². The molecule has 70 valence electrons. The molecule has 0 heterocycles. The fraction of sp³-hybridized carbons (Fsp3) is 1.00. The highest BCUT2D eigenvalue weighted by Crippen LogP contribution is 2.65. The van der Waals surface area contributed by atoms with Gasteiger partial charge in [-0.1, -0.05) is 0 Å². The van der Waals surface area contributed by atoms with Crippen molar-refractivity contribution in [3.05, 3.63) is 0 Å². The topological polar surface area (TPSA) is 21.3 Å². The van der Waals surface area contributed by atoms with Gasteiger partial charge in [-0.3, -0.25) is 0 Å². The van der Waals surface area contributed by atoms with Gasteiger partial charge < -0.3 is 10.1 Å². The average Bonchev–Trinajstić information content (AvgIpc) is 2.83. The van der Waals surface area contributed by atoms with Crippen LogP contribution in [0.15, 0.2) is 0 Å². The van der Waals surface area contributed by atoms with Crippen LogP contribution in [-0.2, 0) is 4.74 Å². The van der Waals surface area contributed by atoms with Crippen molar-refractivity contribution in [2.24, 2.45) is 17.3 Å². The van der Waals surface area contributed by atoms with Gasteiger partial charge in [0.2, 0.25) is 0 Å². The summed E-state index contributed by atoms with van der Waals surface area (Å²) in [5.74, 6) is 1.89. The largest absolute Gasteiger partial charge is 0.384 e. The molecule has 2 aliphatic carbocycles. The number of methoxy groups -OCH3 is 1. The fourth-order valence-electron chi connectivity index (χ4n) is 2.64. The maximum Gasteiger partial charge on any atom is 0.0524 e. The highest BCUT2D eigenvalue weighted by molar-refractivity contribution is 5.10. The molecule has 0 aromatic rings. The summed E-state index contributed by atoms with van der Waals surface area (Å²) in [4.78, 5) is 0. The van der Waals surface area contributed by atoms with Gasteiger partial charge in [-0.25, -0.2) is 0 Å². The molecular weight excluding hydrogens is 150 g/mol. The quantitative estimate of drug-likeness (QED) is 0.669. The second-order valence-electron chi connectivity index (χ2n) is 4.40. The highest BCUT2D eigenvalue weighted by atomic mass is 16.5. The zero-order valence-corrected chi connectivity index (χ0v) is 8.10. The molecule has 2 aliphatic rings. The maximum absolute atomic E-state index is 5.32. The molecule has 0 aliphatic heterocycles. The molecule has 2 fully saturated rings. The third-order valence-electron chi connectivity index (χ3n) is 3.53. The van der Waals surface area contributed by atoms with Crippen molar-refractivity contribution >= 4 is 0 Å². The van der Waals surface area contributed by atoms with E-state index < -0.39 is 0 Å². The molecule has 2 unspecified atom stereocenters. The average molecular weight is 169 g/mol. The number of hydrogen-bond donors (Lipinski definition) is 1. The van der Waals surface area contributed by atoms with E-state index in [-0.39, 0.29) is 0 Å². The standard InChI is InChI=1S/C10H19NO/c1-11-6-9-5-10(9,7-12-2)8-3-4-8/h8-9,11H,3-7H2,1-2H3. The summed E-state index contributed by atoms with van der Waals surface area (Å²) in [5.41, 5.74) is 0.595. The van der Waals surface area contributed by atoms with E-state index in [2.05, 4.69) is 5.32 Å². The molecule has 0 aromatic carbocycles. The summed E-state index contributed by atoms with van der Waals surface area (Å²) >= 11 is 0. The number of nitrogens with one attached hydrogen (secondary N) is 1. The minimum atomic E-state index is 0.595. The first-order valence-corrected chi connectivity index (χ1v) is 4.97. The summed E-state index contributed by atoms with van der Waals surface area (Å²) in [6.45, 7) is 2.17. The van der Waals surface area contributed by atoms with E-state index >= 15 is 0 Å². The van der Waals surface area contributed by atoms with E-state index in [9.17, 15) is 0 Å². The van der Waals surface area contributed by atoms with Gasteiger partial charge in [0, 0.05) is 12.5 Å². The Hall–Kier alpha value is -0.0800. The molecule has 2 rings (SSSR count). The summed E-state index contributed by atoms with van der Waals surface area (Å²) < 4.78 is 5.32. The van der Waals surface area contributed by atoms with Crippen LogP contribution in [0.5, 0.6) is 0 Å². The monoisotopic (exact) mass is 169 g/mol. The number of ether oxygens (including phenoxy) is 1. The molecule has 2 heteroatoms. The van der Waals surface area contributed by atoms with Gasteiger partial charge in [-0.2, -0.15) is 0 Å². The van der Waals surface area contributed by atoms with Gasteiger partial charge in [0.1, 0.15) is 0 Å². The number of hydrogen-bond acceptors (Lipinski definition) is 2. The van der Waals surface area contributed by atoms with Crippen LogP contribution in [0.25, 0.3) is 0 Å². The molecule has 2 atom stereocenters. The number of rotatable bonds is 5. The van der Waals surface area contributed by atoms with Crippen LogP contribution in [0.1, 0.15) is 19.3 Å². The van der Waals surface area contributed by atoms with E-state index in [0.29, 0.717) is 5.41 Å². The second kappa shape index (κ2) is 3.00. The summed E-state index contributed by atoms with van der Waals surface area (Å²) in [5, 5.41) is 3.27. The molecule has 0 spiro atoms. The van der Waals surface area contributed by atoms with Crippen LogP contribution in [0, 0.1) is 17.3 Å². The Kier molecular flexibility index (Phi) is 2.13. The minimum absolute atomic E-state index is 0.595. The lowest BCUT2D eigenvalue weighted by molar-refractivity contribution is 0.119. The van der Waals surface area contributed by atoms with Crippen molar-refractivity contribution in [2.45, 2.75) is 19.3 Å². The molecule has 0 radical (unpaired) electrons. The SMILES string of the molecule is CNCC1CC1(COC)C1CC1. The molecule has 2 saturated carbocycles. The Balaban J connectivity index is 1.88. The van der Waals surface area contributed by atoms with Crippen molar-refractivity contribution in [1.29, 1.82) is 0 Å². The van der Waals surface area contributed by atoms with Gasteiger partial charge in [0.05, 0.1) is 6.61 Å². The Morgan fingerprint density at radius 1 is 1.50 bits per heavy atom. The smallest absolute Gasteiger partial charge is 0.0524 e. The zero-order valence-electron chi connectivity index (χ0n) is 8.10. The molecule has 2 nitrogen and oxygen atoms in total. The van der Waals surface area contributed by atoms with Crippen LogP contribution in [0.4, 0.5) is 0 Å². The van der Waals surface area contributed by atoms with E-state index in [4.69, 9.17) is 4.74 Å². The van der Waals surface area contributed by atoms with Crippen molar-refractivity contribution in [2.75, 3.05) is 27.3 Å². The molecule has 0 saturated heterocycles. The van der Waals surface area contributed by atoms with E-state index in [0.717, 1.165) is 18.4 Å². The van der Waals surface area contributed by atoms with Crippen LogP contribution in [0.2, 0.25) is 0 Å². The van der Waals surface area contributed by atoms with E-state index in [1.165, 1.54) is 25.8 Å². The maximum atomic E-state index is 5.32. The predicted molar refractivity (Wildman–Crippen MR) is 49.1 cm³/mol. The van der Waals surface area contributed by atoms with Crippen molar-refractivity contribution in [3.8, 4) is 0 Å². The molecular formula is C10H19NO. The van der Waals surface area contributed by atoms with Crippen LogP contribution in [-0.4, -0.2) is 27.3 Å². The first-order chi connectivity index (χ1) is 5.83. The van der Waals surface area contributed by atoms with Crippen molar-refractivity contribution in [3.63, 3.8) is 0 Å². The fourth-order valence-corrected chi connectivity index (χ4v) is 2.64. The second-order valence-corrected chi connectivity index (χ2v) is 4.40. The summed E-state index contributed by atoms with van der Waals surface area (Å²) in [7, 11) is 3.88. The summed E-state index contributed by atoms with van der Waals surface area (Å²) in [6, 6.07) is 0. The van der Waals surface area contributed by atoms with Crippen molar-refractivity contribution in [1.82, 2.24) is 5.32 Å². The van der Waals surface area contributed by atoms with Gasteiger partial charge in [-0.05, 0) is 44.7 Å².